The SMILES string of the molecule is NS(=O)(=O)c1ccc(NC(=O)C[NH+]2CCC[C@H]2c2cccs2)cc1. The van der Waals surface area contributed by atoms with Crippen LogP contribution in [0, 0.1) is 0 Å². The molecule has 2 heterocycles. The van der Waals surface area contributed by atoms with Crippen molar-refractivity contribution in [2.24, 2.45) is 5.14 Å². The smallest absolute Gasteiger partial charge is 0.279 e. The molecule has 1 aromatic carbocycles. The predicted molar refractivity (Wildman–Crippen MR) is 93.4 cm³/mol. The Morgan fingerprint density at radius 1 is 1.29 bits per heavy atom. The Bertz CT molecular complexity index is 802. The number of nitrogens with one attached hydrogen (secondary N) is 2. The van der Waals surface area contributed by atoms with Gasteiger partial charge in [-0.25, -0.2) is 13.6 Å². The van der Waals surface area contributed by atoms with Crippen molar-refractivity contribution >= 4 is 33.0 Å². The molecular weight excluding hydrogens is 346 g/mol. The number of nitrogens with two attached hydrogens (primary N) is 1. The predicted octanol–water partition coefficient (Wildman–Crippen LogP) is 0.754. The molecule has 1 fully saturated rings. The fourth-order valence-corrected chi connectivity index (χ4v) is 4.53. The summed E-state index contributed by atoms with van der Waals surface area (Å²) in [6.07, 6.45) is 2.22. The molecule has 1 aromatic heterocycles. The lowest BCUT2D eigenvalue weighted by Crippen LogP contribution is -3.11. The molecule has 128 valence electrons. The molecular formula is C16H20N3O3S2+. The maximum absolute atomic E-state index is 12.3. The number of likely N-dealkylation sites (tertiary alicyclic amines) is 1. The first-order valence-electron chi connectivity index (χ1n) is 7.74. The summed E-state index contributed by atoms with van der Waals surface area (Å²) < 4.78 is 22.5. The van der Waals surface area contributed by atoms with Gasteiger partial charge in [0.25, 0.3) is 5.91 Å². The number of amides is 1. The lowest BCUT2D eigenvalue weighted by atomic mass is 10.2. The van der Waals surface area contributed by atoms with Gasteiger partial charge >= 0.3 is 0 Å². The van der Waals surface area contributed by atoms with Gasteiger partial charge in [0.05, 0.1) is 16.3 Å². The van der Waals surface area contributed by atoms with Crippen molar-refractivity contribution in [2.75, 3.05) is 18.4 Å². The van der Waals surface area contributed by atoms with Gasteiger partial charge in [-0.3, -0.25) is 4.79 Å². The first-order valence-corrected chi connectivity index (χ1v) is 10.2. The van der Waals surface area contributed by atoms with E-state index in [9.17, 15) is 13.2 Å². The zero-order valence-electron chi connectivity index (χ0n) is 13.1. The lowest BCUT2D eigenvalue weighted by molar-refractivity contribution is -0.910. The van der Waals surface area contributed by atoms with E-state index in [0.717, 1.165) is 19.4 Å². The van der Waals surface area contributed by atoms with Crippen molar-refractivity contribution in [1.29, 1.82) is 0 Å². The molecule has 24 heavy (non-hydrogen) atoms. The fourth-order valence-electron chi connectivity index (χ4n) is 3.10. The molecule has 6 nitrogen and oxygen atoms in total. The van der Waals surface area contributed by atoms with Crippen LogP contribution in [0.15, 0.2) is 46.7 Å². The molecule has 8 heteroatoms. The molecule has 2 aromatic rings. The molecule has 0 aliphatic carbocycles. The summed E-state index contributed by atoms with van der Waals surface area (Å²) >= 11 is 1.74. The Labute approximate surface area is 145 Å². The standard InChI is InChI=1S/C16H19N3O3S2/c17-24(21,22)13-7-5-12(6-8-13)18-16(20)11-19-9-1-3-14(19)15-4-2-10-23-15/h2,4-8,10,14H,1,3,9,11H2,(H,18,20)(H2,17,21,22)/p+1/t14-/m0/s1. The van der Waals surface area contributed by atoms with Crippen LogP contribution in [0.1, 0.15) is 23.8 Å². The highest BCUT2D eigenvalue weighted by Crippen LogP contribution is 2.23. The summed E-state index contributed by atoms with van der Waals surface area (Å²) in [5, 5.41) is 9.95. The number of carbonyl (C=O) groups is 1. The van der Waals surface area contributed by atoms with E-state index in [4.69, 9.17) is 5.14 Å². The second-order valence-electron chi connectivity index (χ2n) is 5.91. The molecule has 1 aliphatic rings. The number of carbonyl (C=O) groups excluding carboxylic acids is 1. The van der Waals surface area contributed by atoms with E-state index >= 15 is 0 Å². The highest BCUT2D eigenvalue weighted by atomic mass is 32.2. The van der Waals surface area contributed by atoms with Crippen LogP contribution in [0.4, 0.5) is 5.69 Å². The first-order chi connectivity index (χ1) is 11.4. The van der Waals surface area contributed by atoms with Crippen molar-refractivity contribution in [3.8, 4) is 0 Å². The molecule has 4 N–H and O–H groups in total. The van der Waals surface area contributed by atoms with E-state index in [0.29, 0.717) is 18.3 Å². The zero-order valence-corrected chi connectivity index (χ0v) is 14.7. The molecule has 1 aliphatic heterocycles. The van der Waals surface area contributed by atoms with E-state index in [-0.39, 0.29) is 10.8 Å². The Balaban J connectivity index is 1.61. The summed E-state index contributed by atoms with van der Waals surface area (Å²) in [7, 11) is -3.71. The maximum Gasteiger partial charge on any atom is 0.279 e. The van der Waals surface area contributed by atoms with Gasteiger partial charge in [0.1, 0.15) is 6.04 Å². The molecule has 0 saturated carbocycles. The number of hydrogen-bond donors (Lipinski definition) is 3. The van der Waals surface area contributed by atoms with Gasteiger partial charge < -0.3 is 10.2 Å². The maximum atomic E-state index is 12.3. The third-order valence-electron chi connectivity index (χ3n) is 4.22. The van der Waals surface area contributed by atoms with E-state index < -0.39 is 10.0 Å². The van der Waals surface area contributed by atoms with Gasteiger partial charge in [-0.15, -0.1) is 11.3 Å². The van der Waals surface area contributed by atoms with E-state index in [1.54, 1.807) is 23.5 Å². The topological polar surface area (TPSA) is 93.7 Å². The summed E-state index contributed by atoms with van der Waals surface area (Å²) in [5.41, 5.74) is 0.568. The Hall–Kier alpha value is -1.74. The second-order valence-corrected chi connectivity index (χ2v) is 8.45. The van der Waals surface area contributed by atoms with E-state index in [1.807, 2.05) is 6.07 Å². The Morgan fingerprint density at radius 2 is 2.04 bits per heavy atom. The average Bonchev–Trinajstić information content (AvgIpc) is 3.17. The van der Waals surface area contributed by atoms with Crippen molar-refractivity contribution in [1.82, 2.24) is 0 Å². The third-order valence-corrected chi connectivity index (χ3v) is 6.14. The summed E-state index contributed by atoms with van der Waals surface area (Å²) in [6, 6.07) is 10.4. The summed E-state index contributed by atoms with van der Waals surface area (Å²) in [5.74, 6) is -0.0724. The van der Waals surface area contributed by atoms with Gasteiger partial charge in [0.2, 0.25) is 10.0 Å². The van der Waals surface area contributed by atoms with Gasteiger partial charge in [0.15, 0.2) is 6.54 Å². The summed E-state index contributed by atoms with van der Waals surface area (Å²) in [6.45, 7) is 1.39. The van der Waals surface area contributed by atoms with E-state index in [1.165, 1.54) is 21.9 Å². The number of rotatable bonds is 5. The monoisotopic (exact) mass is 366 g/mol. The molecule has 0 bridgehead atoms. The van der Waals surface area contributed by atoms with Crippen molar-refractivity contribution in [2.45, 2.75) is 23.8 Å². The fraction of sp³-hybridized carbons (Fsp3) is 0.312. The molecule has 3 rings (SSSR count). The van der Waals surface area contributed by atoms with Crippen molar-refractivity contribution < 1.29 is 18.1 Å². The average molecular weight is 366 g/mol. The van der Waals surface area contributed by atoms with Crippen LogP contribution < -0.4 is 15.4 Å². The largest absolute Gasteiger partial charge is 0.321 e. The van der Waals surface area contributed by atoms with Crippen LogP contribution in [0.5, 0.6) is 0 Å². The first kappa shape index (κ1) is 17.1. The van der Waals surface area contributed by atoms with E-state index in [2.05, 4.69) is 16.8 Å². The van der Waals surface area contributed by atoms with Crippen molar-refractivity contribution in [3.63, 3.8) is 0 Å². The Morgan fingerprint density at radius 3 is 2.67 bits per heavy atom. The van der Waals surface area contributed by atoms with Crippen LogP contribution >= 0.6 is 11.3 Å². The number of hydrogen-bond acceptors (Lipinski definition) is 4. The number of primary sulfonamides is 1. The number of sulfonamides is 1. The van der Waals surface area contributed by atoms with Crippen LogP contribution in [-0.2, 0) is 14.8 Å². The van der Waals surface area contributed by atoms with Crippen molar-refractivity contribution in [3.05, 3.63) is 46.7 Å². The summed E-state index contributed by atoms with van der Waals surface area (Å²) in [4.78, 5) is 14.9. The number of anilines is 1. The van der Waals surface area contributed by atoms with Gasteiger partial charge in [0, 0.05) is 18.5 Å². The molecule has 0 radical (unpaired) electrons. The van der Waals surface area contributed by atoms with Crippen LogP contribution in [-0.4, -0.2) is 27.4 Å². The molecule has 1 amide bonds. The third kappa shape index (κ3) is 4.02. The molecule has 2 atom stereocenters. The minimum Gasteiger partial charge on any atom is -0.321 e. The van der Waals surface area contributed by atoms with Gasteiger partial charge in [-0.05, 0) is 35.7 Å². The Kier molecular flexibility index (Phi) is 5.00. The highest BCUT2D eigenvalue weighted by Gasteiger charge is 2.32. The highest BCUT2D eigenvalue weighted by molar-refractivity contribution is 7.89. The van der Waals surface area contributed by atoms with Crippen LogP contribution in [0.25, 0.3) is 0 Å². The quantitative estimate of drug-likeness (QED) is 0.729. The number of quaternary nitrogens is 1. The number of benzene rings is 1. The van der Waals surface area contributed by atoms with Crippen LogP contribution in [0.2, 0.25) is 0 Å². The normalized spacial score (nSPS) is 20.9. The van der Waals surface area contributed by atoms with Gasteiger partial charge in [-0.2, -0.15) is 0 Å². The minimum absolute atomic E-state index is 0.0310. The molecule has 1 unspecified atom stereocenters. The second kappa shape index (κ2) is 7.02. The molecule has 0 spiro atoms. The molecule has 1 saturated heterocycles. The zero-order chi connectivity index (χ0) is 17.2. The van der Waals surface area contributed by atoms with Gasteiger partial charge in [-0.1, -0.05) is 6.07 Å². The number of thiophene rings is 1. The lowest BCUT2D eigenvalue weighted by Gasteiger charge is -2.20. The van der Waals surface area contributed by atoms with Crippen LogP contribution in [0.3, 0.4) is 0 Å². The minimum atomic E-state index is -3.71.